The van der Waals surface area contributed by atoms with E-state index in [1.807, 2.05) is 0 Å². The zero-order valence-corrected chi connectivity index (χ0v) is 31.8. The van der Waals surface area contributed by atoms with Crippen molar-refractivity contribution in [3.05, 3.63) is 119 Å². The van der Waals surface area contributed by atoms with Crippen LogP contribution in [0.1, 0.15) is 90.3 Å². The number of ether oxygens (including phenoxy) is 1. The zero-order valence-electron chi connectivity index (χ0n) is 28.9. The van der Waals surface area contributed by atoms with Crippen molar-refractivity contribution < 1.29 is 9.53 Å². The Morgan fingerprint density at radius 1 is 0.689 bits per heavy atom. The van der Waals surface area contributed by atoms with Crippen LogP contribution in [0, 0.1) is 11.8 Å². The van der Waals surface area contributed by atoms with Gasteiger partial charge in [0.2, 0.25) is 0 Å². The van der Waals surface area contributed by atoms with Gasteiger partial charge in [0.25, 0.3) is 0 Å². The molecule has 0 heterocycles. The van der Waals surface area contributed by atoms with Gasteiger partial charge in [0, 0.05) is 0 Å². The van der Waals surface area contributed by atoms with Crippen molar-refractivity contribution in [3.63, 3.8) is 0 Å². The van der Waals surface area contributed by atoms with E-state index in [4.69, 9.17) is 4.74 Å². The number of carbonyl (C=O) groups is 1. The van der Waals surface area contributed by atoms with Crippen molar-refractivity contribution in [1.29, 1.82) is 0 Å². The van der Waals surface area contributed by atoms with Gasteiger partial charge in [-0.1, -0.05) is 0 Å². The average Bonchev–Trinajstić information content (AvgIpc) is 3.04. The molecule has 0 N–H and O–H groups in total. The molecule has 45 heavy (non-hydrogen) atoms. The summed E-state index contributed by atoms with van der Waals surface area (Å²) in [6.07, 6.45) is 8.47. The van der Waals surface area contributed by atoms with Crippen LogP contribution < -0.4 is 0 Å². The van der Waals surface area contributed by atoms with E-state index in [-0.39, 0.29) is 28.1 Å². The standard InChI is InChI=1S/C12H17O2.3C10H13.Sn/c1-14-12(13)11-8-4-6-9-5-2-3-7-10(9)11;3*1-10(2,3)9-7-5-4-6-8-9;/h4,6,10-11H,2-3,5,7-8H2,1H3;3*4-8H,1H2,2-3H3;/t10?,11-;;;;/m0..../s1. The molecule has 0 saturated heterocycles. The molecule has 0 aromatic heterocycles. The molecular weight excluding hydrogens is 655 g/mol. The molecule has 0 spiro atoms. The summed E-state index contributed by atoms with van der Waals surface area (Å²) in [5, 5.41) is 0. The van der Waals surface area contributed by atoms with E-state index in [0.29, 0.717) is 9.85 Å². The van der Waals surface area contributed by atoms with E-state index in [2.05, 4.69) is 139 Å². The van der Waals surface area contributed by atoms with Gasteiger partial charge in [0.1, 0.15) is 0 Å². The molecule has 0 bridgehead atoms. The van der Waals surface area contributed by atoms with Crippen LogP contribution in [-0.4, -0.2) is 31.5 Å². The minimum atomic E-state index is -3.44. The summed E-state index contributed by atoms with van der Waals surface area (Å²) >= 11 is -3.44. The molecule has 3 atom stereocenters. The van der Waals surface area contributed by atoms with Crippen LogP contribution in [0.4, 0.5) is 0 Å². The van der Waals surface area contributed by atoms with Crippen LogP contribution in [0.5, 0.6) is 0 Å². The van der Waals surface area contributed by atoms with Crippen LogP contribution in [0.25, 0.3) is 0 Å². The van der Waals surface area contributed by atoms with Crippen molar-refractivity contribution in [2.75, 3.05) is 7.11 Å². The Labute approximate surface area is 277 Å². The molecule has 1 fully saturated rings. The number of allylic oxidation sites excluding steroid dienone is 2. The van der Waals surface area contributed by atoms with Crippen LogP contribution in [0.15, 0.2) is 103 Å². The Morgan fingerprint density at radius 3 is 1.51 bits per heavy atom. The Bertz CT molecular complexity index is 1310. The second-order valence-electron chi connectivity index (χ2n) is 16.2. The topological polar surface area (TPSA) is 26.3 Å². The summed E-state index contributed by atoms with van der Waals surface area (Å²) in [4.78, 5) is 13.6. The number of benzene rings is 3. The summed E-state index contributed by atoms with van der Waals surface area (Å²) in [5.41, 5.74) is 5.96. The van der Waals surface area contributed by atoms with Crippen molar-refractivity contribution in [3.8, 4) is 0 Å². The number of rotatable bonds is 11. The van der Waals surface area contributed by atoms with Gasteiger partial charge < -0.3 is 0 Å². The SMILES string of the molecule is COC(=O)[C@H]1C[C@H]([Sn]([CH2]C(C)(C)c2ccccc2)([CH2]C(C)(C)c2ccccc2)[CH2]C(C)(C)c2ccccc2)C=C2CCCCC21. The third kappa shape index (κ3) is 7.64. The predicted molar refractivity (Wildman–Crippen MR) is 192 cm³/mol. The first kappa shape index (κ1) is 34.0. The number of carbonyl (C=O) groups excluding carboxylic acids is 1. The third-order valence-corrected chi connectivity index (χ3v) is 30.7. The summed E-state index contributed by atoms with van der Waals surface area (Å²) in [7, 11) is 1.60. The van der Waals surface area contributed by atoms with Gasteiger partial charge in [-0.05, 0) is 0 Å². The first-order valence-corrected chi connectivity index (χ1v) is 25.0. The average molecular weight is 712 g/mol. The molecular formula is C42H56O2Sn. The third-order valence-electron chi connectivity index (χ3n) is 11.5. The molecule has 1 saturated carbocycles. The molecule has 3 aromatic carbocycles. The summed E-state index contributed by atoms with van der Waals surface area (Å²) < 4.78 is 9.77. The molecule has 0 radical (unpaired) electrons. The molecule has 2 aliphatic carbocycles. The normalized spacial score (nSPS) is 21.0. The first-order valence-electron chi connectivity index (χ1n) is 17.3. The van der Waals surface area contributed by atoms with E-state index in [0.717, 1.165) is 19.3 Å². The van der Waals surface area contributed by atoms with Crippen molar-refractivity contribution in [1.82, 2.24) is 0 Å². The van der Waals surface area contributed by atoms with Gasteiger partial charge in [-0.3, -0.25) is 0 Å². The van der Waals surface area contributed by atoms with E-state index >= 15 is 0 Å². The second-order valence-corrected chi connectivity index (χ2v) is 29.1. The van der Waals surface area contributed by atoms with Crippen molar-refractivity contribution in [2.24, 2.45) is 11.8 Å². The van der Waals surface area contributed by atoms with Gasteiger partial charge in [-0.15, -0.1) is 0 Å². The fourth-order valence-electron chi connectivity index (χ4n) is 9.53. The van der Waals surface area contributed by atoms with Crippen LogP contribution in [-0.2, 0) is 25.8 Å². The molecule has 1 unspecified atom stereocenters. The van der Waals surface area contributed by atoms with Crippen molar-refractivity contribution >= 4 is 24.3 Å². The monoisotopic (exact) mass is 712 g/mol. The molecule has 2 nitrogen and oxygen atoms in total. The molecule has 3 aromatic rings. The molecule has 240 valence electrons. The molecule has 2 aliphatic rings. The number of hydrogen-bond acceptors (Lipinski definition) is 2. The van der Waals surface area contributed by atoms with Gasteiger partial charge in [-0.2, -0.15) is 0 Å². The number of fused-ring (bicyclic) bond motifs is 1. The van der Waals surface area contributed by atoms with E-state index < -0.39 is 18.4 Å². The number of methoxy groups -OCH3 is 1. The van der Waals surface area contributed by atoms with E-state index in [9.17, 15) is 4.79 Å². The van der Waals surface area contributed by atoms with Crippen LogP contribution >= 0.6 is 0 Å². The Morgan fingerprint density at radius 2 is 1.11 bits per heavy atom. The summed E-state index contributed by atoms with van der Waals surface area (Å²) in [6, 6.07) is 33.7. The fourth-order valence-corrected chi connectivity index (χ4v) is 33.4. The quantitative estimate of drug-likeness (QED) is 0.112. The summed E-state index contributed by atoms with van der Waals surface area (Å²) in [6.45, 7) is 15.0. The number of hydrogen-bond donors (Lipinski definition) is 0. The molecule has 0 amide bonds. The Kier molecular flexibility index (Phi) is 10.4. The molecule has 0 aliphatic heterocycles. The van der Waals surface area contributed by atoms with Gasteiger partial charge >= 0.3 is 279 Å². The van der Waals surface area contributed by atoms with Gasteiger partial charge in [0.05, 0.1) is 0 Å². The van der Waals surface area contributed by atoms with Gasteiger partial charge in [-0.25, -0.2) is 0 Å². The minimum absolute atomic E-state index is 0.0177. The van der Waals surface area contributed by atoms with E-state index in [1.165, 1.54) is 42.8 Å². The molecule has 3 heteroatoms. The maximum atomic E-state index is 13.6. The fraction of sp³-hybridized carbons (Fsp3) is 0.500. The molecule has 5 rings (SSSR count). The van der Waals surface area contributed by atoms with Gasteiger partial charge in [0.15, 0.2) is 0 Å². The van der Waals surface area contributed by atoms with Crippen molar-refractivity contribution in [2.45, 2.75) is 107 Å². The van der Waals surface area contributed by atoms with Crippen LogP contribution in [0.2, 0.25) is 17.2 Å². The zero-order chi connectivity index (χ0) is 32.3. The predicted octanol–water partition coefficient (Wildman–Crippen LogP) is 11.0. The Hall–Kier alpha value is -2.33. The summed E-state index contributed by atoms with van der Waals surface area (Å²) in [5.74, 6) is 0.360. The van der Waals surface area contributed by atoms with Crippen LogP contribution in [0.3, 0.4) is 0 Å². The first-order chi connectivity index (χ1) is 21.4. The van der Waals surface area contributed by atoms with E-state index in [1.54, 1.807) is 12.7 Å². The maximum absolute atomic E-state index is 13.6. The Balaban J connectivity index is 1.72. The number of esters is 1. The second kappa shape index (κ2) is 13.8.